The predicted molar refractivity (Wildman–Crippen MR) is 79.0 cm³/mol. The topological polar surface area (TPSA) is 44.8 Å². The second kappa shape index (κ2) is 5.31. The third-order valence-electron chi connectivity index (χ3n) is 2.50. The molecule has 1 heterocycles. The van der Waals surface area contributed by atoms with Gasteiger partial charge in [-0.15, -0.1) is 11.3 Å². The molecule has 2 rings (SSSR count). The summed E-state index contributed by atoms with van der Waals surface area (Å²) in [4.78, 5) is 12.2. The van der Waals surface area contributed by atoms with Crippen LogP contribution in [0.1, 0.15) is 9.67 Å². The summed E-state index contributed by atoms with van der Waals surface area (Å²) >= 11 is 3.53. The molecule has 0 spiro atoms. The van der Waals surface area contributed by atoms with E-state index in [4.69, 9.17) is 14.2 Å². The Kier molecular flexibility index (Phi) is 3.96. The summed E-state index contributed by atoms with van der Waals surface area (Å²) in [6.45, 7) is 0. The molecule has 18 heavy (non-hydrogen) atoms. The Morgan fingerprint density at radius 2 is 1.78 bits per heavy atom. The lowest BCUT2D eigenvalue weighted by Gasteiger charge is -2.06. The van der Waals surface area contributed by atoms with Crippen LogP contribution in [0.3, 0.4) is 0 Å². The van der Waals surface area contributed by atoms with Crippen molar-refractivity contribution >= 4 is 50.0 Å². The van der Waals surface area contributed by atoms with E-state index in [-0.39, 0.29) is 5.97 Å². The molecule has 0 fully saturated rings. The van der Waals surface area contributed by atoms with Crippen LogP contribution in [0.25, 0.3) is 10.1 Å². The maximum atomic E-state index is 11.6. The summed E-state index contributed by atoms with van der Waals surface area (Å²) < 4.78 is 17.1. The highest BCUT2D eigenvalue weighted by atomic mass is 127. The molecule has 6 heteroatoms. The van der Waals surface area contributed by atoms with Gasteiger partial charge in [-0.2, -0.15) is 0 Å². The summed E-state index contributed by atoms with van der Waals surface area (Å²) in [6.07, 6.45) is 0. The van der Waals surface area contributed by atoms with Crippen LogP contribution < -0.4 is 9.47 Å². The molecule has 0 atom stereocenters. The highest BCUT2D eigenvalue weighted by Crippen LogP contribution is 2.39. The zero-order valence-electron chi connectivity index (χ0n) is 10.1. The maximum Gasteiger partial charge on any atom is 0.349 e. The monoisotopic (exact) mass is 378 g/mol. The summed E-state index contributed by atoms with van der Waals surface area (Å²) in [6, 6.07) is 3.74. The number of halogens is 1. The van der Waals surface area contributed by atoms with E-state index in [0.717, 1.165) is 13.7 Å². The van der Waals surface area contributed by atoms with Crippen molar-refractivity contribution in [1.82, 2.24) is 0 Å². The zero-order valence-corrected chi connectivity index (χ0v) is 13.0. The number of carbonyl (C=O) groups excluding carboxylic acids is 1. The van der Waals surface area contributed by atoms with Crippen molar-refractivity contribution in [2.24, 2.45) is 0 Å². The Labute approximate surface area is 122 Å². The highest BCUT2D eigenvalue weighted by Gasteiger charge is 2.19. The number of hydrogen-bond donors (Lipinski definition) is 0. The highest BCUT2D eigenvalue weighted by molar-refractivity contribution is 14.1. The van der Waals surface area contributed by atoms with E-state index < -0.39 is 0 Å². The fraction of sp³-hybridized carbons (Fsp3) is 0.250. The fourth-order valence-corrected chi connectivity index (χ4v) is 3.82. The quantitative estimate of drug-likeness (QED) is 0.607. The largest absolute Gasteiger partial charge is 0.493 e. The first-order chi connectivity index (χ1) is 8.62. The van der Waals surface area contributed by atoms with Gasteiger partial charge >= 0.3 is 5.97 Å². The number of thiophene rings is 1. The standard InChI is InChI=1S/C12H11IO4S/c1-15-7-4-6-9(5-8(7)16-2)18-11(10(6)13)12(14)17-3/h4-5H,1-3H3. The van der Waals surface area contributed by atoms with Crippen LogP contribution in [0.4, 0.5) is 0 Å². The first-order valence-electron chi connectivity index (χ1n) is 5.04. The van der Waals surface area contributed by atoms with E-state index in [2.05, 4.69) is 22.6 Å². The van der Waals surface area contributed by atoms with Gasteiger partial charge in [0.1, 0.15) is 4.88 Å². The third-order valence-corrected chi connectivity index (χ3v) is 5.12. The van der Waals surface area contributed by atoms with Crippen LogP contribution in [0.2, 0.25) is 0 Å². The molecule has 0 unspecified atom stereocenters. The summed E-state index contributed by atoms with van der Waals surface area (Å²) in [5.41, 5.74) is 0. The Morgan fingerprint density at radius 3 is 2.33 bits per heavy atom. The molecule has 0 N–H and O–H groups in total. The van der Waals surface area contributed by atoms with Crippen LogP contribution in [0.15, 0.2) is 12.1 Å². The van der Waals surface area contributed by atoms with E-state index in [1.807, 2.05) is 12.1 Å². The van der Waals surface area contributed by atoms with Gasteiger partial charge in [-0.3, -0.25) is 0 Å². The summed E-state index contributed by atoms with van der Waals surface area (Å²) in [5, 5.41) is 0.971. The van der Waals surface area contributed by atoms with Gasteiger partial charge < -0.3 is 14.2 Å². The van der Waals surface area contributed by atoms with Crippen LogP contribution in [-0.2, 0) is 4.74 Å². The van der Waals surface area contributed by atoms with Crippen molar-refractivity contribution < 1.29 is 19.0 Å². The third kappa shape index (κ3) is 2.14. The summed E-state index contributed by atoms with van der Waals surface area (Å²) in [7, 11) is 4.55. The molecule has 0 aliphatic heterocycles. The minimum atomic E-state index is -0.321. The van der Waals surface area contributed by atoms with Crippen molar-refractivity contribution in [3.05, 3.63) is 20.6 Å². The molecular formula is C12H11IO4S. The first-order valence-corrected chi connectivity index (χ1v) is 6.94. The fourth-order valence-electron chi connectivity index (χ4n) is 1.62. The Morgan fingerprint density at radius 1 is 1.17 bits per heavy atom. The molecule has 2 aromatic rings. The minimum absolute atomic E-state index is 0.321. The van der Waals surface area contributed by atoms with Gasteiger partial charge in [0.15, 0.2) is 11.5 Å². The molecule has 0 amide bonds. The smallest absolute Gasteiger partial charge is 0.349 e. The van der Waals surface area contributed by atoms with Crippen molar-refractivity contribution in [3.63, 3.8) is 0 Å². The van der Waals surface area contributed by atoms with Gasteiger partial charge in [0.05, 0.1) is 21.3 Å². The number of carbonyl (C=O) groups is 1. The van der Waals surface area contributed by atoms with E-state index in [1.165, 1.54) is 18.4 Å². The van der Waals surface area contributed by atoms with Crippen LogP contribution in [0, 0.1) is 3.57 Å². The number of methoxy groups -OCH3 is 3. The Hall–Kier alpha value is -1.02. The van der Waals surface area contributed by atoms with Crippen LogP contribution in [0.5, 0.6) is 11.5 Å². The number of hydrogen-bond acceptors (Lipinski definition) is 5. The molecule has 0 saturated heterocycles. The zero-order chi connectivity index (χ0) is 13.3. The molecule has 0 saturated carbocycles. The Bertz CT molecular complexity index is 606. The number of ether oxygens (including phenoxy) is 3. The molecule has 0 bridgehead atoms. The number of esters is 1. The van der Waals surface area contributed by atoms with Gasteiger partial charge in [-0.05, 0) is 28.7 Å². The lowest BCUT2D eigenvalue weighted by Crippen LogP contribution is -1.99. The average molecular weight is 378 g/mol. The summed E-state index contributed by atoms with van der Waals surface area (Å²) in [5.74, 6) is 0.981. The van der Waals surface area contributed by atoms with Gasteiger partial charge in [0, 0.05) is 19.7 Å². The van der Waals surface area contributed by atoms with E-state index in [1.54, 1.807) is 14.2 Å². The molecule has 0 aliphatic rings. The van der Waals surface area contributed by atoms with Crippen molar-refractivity contribution in [3.8, 4) is 11.5 Å². The molecule has 1 aromatic carbocycles. The number of rotatable bonds is 3. The molecule has 0 radical (unpaired) electrons. The van der Waals surface area contributed by atoms with Crippen LogP contribution >= 0.6 is 33.9 Å². The lowest BCUT2D eigenvalue weighted by atomic mass is 10.2. The Balaban J connectivity index is 2.69. The van der Waals surface area contributed by atoms with Gasteiger partial charge in [0.2, 0.25) is 0 Å². The van der Waals surface area contributed by atoms with Crippen molar-refractivity contribution in [2.75, 3.05) is 21.3 Å². The van der Waals surface area contributed by atoms with Crippen molar-refractivity contribution in [2.45, 2.75) is 0 Å². The molecule has 1 aromatic heterocycles. The van der Waals surface area contributed by atoms with E-state index >= 15 is 0 Å². The van der Waals surface area contributed by atoms with E-state index in [0.29, 0.717) is 16.4 Å². The predicted octanol–water partition coefficient (Wildman–Crippen LogP) is 3.31. The average Bonchev–Trinajstić information content (AvgIpc) is 2.73. The van der Waals surface area contributed by atoms with Gasteiger partial charge in [-0.25, -0.2) is 4.79 Å². The van der Waals surface area contributed by atoms with Gasteiger partial charge in [-0.1, -0.05) is 0 Å². The SMILES string of the molecule is COC(=O)c1sc2cc(OC)c(OC)cc2c1I. The molecule has 96 valence electrons. The normalized spacial score (nSPS) is 10.4. The van der Waals surface area contributed by atoms with E-state index in [9.17, 15) is 4.79 Å². The second-order valence-corrected chi connectivity index (χ2v) is 5.57. The molecule has 4 nitrogen and oxygen atoms in total. The number of benzene rings is 1. The number of fused-ring (bicyclic) bond motifs is 1. The maximum absolute atomic E-state index is 11.6. The van der Waals surface area contributed by atoms with Crippen LogP contribution in [-0.4, -0.2) is 27.3 Å². The first kappa shape index (κ1) is 13.4. The second-order valence-electron chi connectivity index (χ2n) is 3.44. The van der Waals surface area contributed by atoms with Crippen molar-refractivity contribution in [1.29, 1.82) is 0 Å². The molecule has 0 aliphatic carbocycles. The van der Waals surface area contributed by atoms with Gasteiger partial charge in [0.25, 0.3) is 0 Å². The minimum Gasteiger partial charge on any atom is -0.493 e. The lowest BCUT2D eigenvalue weighted by molar-refractivity contribution is 0.0605. The molecular weight excluding hydrogens is 367 g/mol.